The second kappa shape index (κ2) is 9.51. The maximum absolute atomic E-state index is 12.3. The summed E-state index contributed by atoms with van der Waals surface area (Å²) in [5.41, 5.74) is 6.93. The standard InChI is InChI=1S/C18H28ClN5O/c1-14(2)7-8-21-18(20)22-13-17(25)24-11-9-23(10-12-24)16-5-3-15(19)4-6-16/h3-6,14H,7-13H2,1-2H3,(H3,20,21,22). The molecule has 0 saturated carbocycles. The van der Waals surface area contributed by atoms with Gasteiger partial charge in [-0.05, 0) is 36.6 Å². The van der Waals surface area contributed by atoms with Crippen LogP contribution in [0.3, 0.4) is 0 Å². The predicted octanol–water partition coefficient (Wildman–Crippen LogP) is 1.94. The van der Waals surface area contributed by atoms with Crippen LogP contribution < -0.4 is 16.0 Å². The van der Waals surface area contributed by atoms with E-state index in [4.69, 9.17) is 17.3 Å². The summed E-state index contributed by atoms with van der Waals surface area (Å²) in [5.74, 6) is 0.969. The highest BCUT2D eigenvalue weighted by molar-refractivity contribution is 6.30. The van der Waals surface area contributed by atoms with Gasteiger partial charge in [-0.3, -0.25) is 4.79 Å². The van der Waals surface area contributed by atoms with Gasteiger partial charge in [0.05, 0.1) is 0 Å². The molecule has 0 unspecified atom stereocenters. The largest absolute Gasteiger partial charge is 0.370 e. The van der Waals surface area contributed by atoms with Gasteiger partial charge in [-0.25, -0.2) is 4.99 Å². The van der Waals surface area contributed by atoms with Gasteiger partial charge >= 0.3 is 0 Å². The van der Waals surface area contributed by atoms with Gasteiger partial charge in [-0.15, -0.1) is 0 Å². The number of rotatable bonds is 6. The van der Waals surface area contributed by atoms with Crippen LogP contribution in [0.15, 0.2) is 29.3 Å². The molecule has 0 spiro atoms. The molecule has 6 nitrogen and oxygen atoms in total. The first kappa shape index (κ1) is 19.4. The Labute approximate surface area is 155 Å². The van der Waals surface area contributed by atoms with Crippen molar-refractivity contribution in [3.8, 4) is 0 Å². The number of guanidine groups is 1. The summed E-state index contributed by atoms with van der Waals surface area (Å²) < 4.78 is 0. The summed E-state index contributed by atoms with van der Waals surface area (Å²) in [6.07, 6.45) is 1.02. The number of benzene rings is 1. The van der Waals surface area contributed by atoms with Gasteiger partial charge in [0.1, 0.15) is 6.54 Å². The fourth-order valence-corrected chi connectivity index (χ4v) is 2.79. The summed E-state index contributed by atoms with van der Waals surface area (Å²) in [6, 6.07) is 7.79. The number of nitrogens with one attached hydrogen (secondary N) is 1. The molecule has 1 aliphatic rings. The highest BCUT2D eigenvalue weighted by atomic mass is 35.5. The van der Waals surface area contributed by atoms with Crippen LogP contribution in [0.4, 0.5) is 5.69 Å². The number of nitrogens with two attached hydrogens (primary N) is 1. The van der Waals surface area contributed by atoms with Crippen molar-refractivity contribution in [3.63, 3.8) is 0 Å². The van der Waals surface area contributed by atoms with E-state index in [9.17, 15) is 4.79 Å². The molecule has 0 aromatic heterocycles. The summed E-state index contributed by atoms with van der Waals surface area (Å²) in [4.78, 5) is 20.5. The lowest BCUT2D eigenvalue weighted by molar-refractivity contribution is -0.129. The highest BCUT2D eigenvalue weighted by Crippen LogP contribution is 2.19. The first-order valence-corrected chi connectivity index (χ1v) is 9.15. The smallest absolute Gasteiger partial charge is 0.244 e. The number of amides is 1. The maximum atomic E-state index is 12.3. The number of nitrogens with zero attached hydrogens (tertiary/aromatic N) is 3. The molecule has 1 aromatic rings. The minimum Gasteiger partial charge on any atom is -0.370 e. The number of aliphatic imine (C=N–C) groups is 1. The molecular formula is C18H28ClN5O. The minimum atomic E-state index is 0.0179. The Morgan fingerprint density at radius 3 is 2.48 bits per heavy atom. The van der Waals surface area contributed by atoms with Gasteiger partial charge < -0.3 is 20.9 Å². The SMILES string of the molecule is CC(C)CCNC(N)=NCC(=O)N1CCN(c2ccc(Cl)cc2)CC1. The number of halogens is 1. The van der Waals surface area contributed by atoms with Crippen LogP contribution in [0.5, 0.6) is 0 Å². The van der Waals surface area contributed by atoms with Crippen LogP contribution in [-0.2, 0) is 4.79 Å². The van der Waals surface area contributed by atoms with E-state index in [1.165, 1.54) is 0 Å². The van der Waals surface area contributed by atoms with Gasteiger partial charge in [0.15, 0.2) is 5.96 Å². The van der Waals surface area contributed by atoms with Crippen LogP contribution in [0.2, 0.25) is 5.02 Å². The van der Waals surface area contributed by atoms with Crippen LogP contribution >= 0.6 is 11.6 Å². The Morgan fingerprint density at radius 2 is 1.88 bits per heavy atom. The number of hydrogen-bond acceptors (Lipinski definition) is 3. The van der Waals surface area contributed by atoms with Gasteiger partial charge in [-0.1, -0.05) is 25.4 Å². The van der Waals surface area contributed by atoms with Crippen LogP contribution in [0.25, 0.3) is 0 Å². The number of carbonyl (C=O) groups is 1. The molecule has 2 rings (SSSR count). The van der Waals surface area contributed by atoms with E-state index in [1.807, 2.05) is 29.2 Å². The van der Waals surface area contributed by atoms with E-state index < -0.39 is 0 Å². The van der Waals surface area contributed by atoms with Gasteiger partial charge in [0, 0.05) is 43.4 Å². The van der Waals surface area contributed by atoms with Crippen LogP contribution in [-0.4, -0.2) is 56.0 Å². The predicted molar refractivity (Wildman–Crippen MR) is 104 cm³/mol. The molecule has 25 heavy (non-hydrogen) atoms. The Bertz CT molecular complexity index is 580. The third-order valence-electron chi connectivity index (χ3n) is 4.24. The number of piperazine rings is 1. The van der Waals surface area contributed by atoms with E-state index in [-0.39, 0.29) is 12.5 Å². The average Bonchev–Trinajstić information content (AvgIpc) is 2.60. The Balaban J connectivity index is 1.74. The topological polar surface area (TPSA) is 74.0 Å². The molecule has 0 bridgehead atoms. The summed E-state index contributed by atoms with van der Waals surface area (Å²) in [5, 5.41) is 3.77. The summed E-state index contributed by atoms with van der Waals surface area (Å²) >= 11 is 5.92. The molecule has 1 aliphatic heterocycles. The van der Waals surface area contributed by atoms with Gasteiger partial charge in [-0.2, -0.15) is 0 Å². The molecule has 1 saturated heterocycles. The van der Waals surface area contributed by atoms with Crippen molar-refractivity contribution in [3.05, 3.63) is 29.3 Å². The van der Waals surface area contributed by atoms with Crippen molar-refractivity contribution < 1.29 is 4.79 Å². The third-order valence-corrected chi connectivity index (χ3v) is 4.49. The summed E-state index contributed by atoms with van der Waals surface area (Å²) in [6.45, 7) is 8.18. The van der Waals surface area contributed by atoms with Crippen LogP contribution in [0.1, 0.15) is 20.3 Å². The molecule has 1 aromatic carbocycles. The fourth-order valence-electron chi connectivity index (χ4n) is 2.66. The fraction of sp³-hybridized carbons (Fsp3) is 0.556. The Morgan fingerprint density at radius 1 is 1.24 bits per heavy atom. The van der Waals surface area contributed by atoms with E-state index in [1.54, 1.807) is 0 Å². The van der Waals surface area contributed by atoms with Crippen molar-refractivity contribution in [2.75, 3.05) is 44.2 Å². The van der Waals surface area contributed by atoms with Crippen molar-refractivity contribution in [1.82, 2.24) is 10.2 Å². The van der Waals surface area contributed by atoms with E-state index in [2.05, 4.69) is 29.1 Å². The first-order valence-electron chi connectivity index (χ1n) is 8.78. The molecule has 1 fully saturated rings. The molecule has 0 aliphatic carbocycles. The molecule has 7 heteroatoms. The molecule has 0 radical (unpaired) electrons. The molecule has 138 valence electrons. The lowest BCUT2D eigenvalue weighted by atomic mass is 10.1. The van der Waals surface area contributed by atoms with Crippen LogP contribution in [0, 0.1) is 5.92 Å². The van der Waals surface area contributed by atoms with Crippen molar-refractivity contribution in [1.29, 1.82) is 0 Å². The van der Waals surface area contributed by atoms with Crippen molar-refractivity contribution in [2.45, 2.75) is 20.3 Å². The van der Waals surface area contributed by atoms with Crippen molar-refractivity contribution >= 4 is 29.2 Å². The van der Waals surface area contributed by atoms with E-state index in [0.29, 0.717) is 25.0 Å². The second-order valence-corrected chi connectivity index (χ2v) is 7.09. The zero-order chi connectivity index (χ0) is 18.2. The monoisotopic (exact) mass is 365 g/mol. The average molecular weight is 366 g/mol. The molecule has 1 amide bonds. The lowest BCUT2D eigenvalue weighted by Gasteiger charge is -2.36. The molecule has 1 heterocycles. The molecule has 0 atom stereocenters. The second-order valence-electron chi connectivity index (χ2n) is 6.66. The number of carbonyl (C=O) groups excluding carboxylic acids is 1. The zero-order valence-electron chi connectivity index (χ0n) is 15.0. The van der Waals surface area contributed by atoms with Gasteiger partial charge in [0.25, 0.3) is 0 Å². The normalized spacial score (nSPS) is 15.6. The first-order chi connectivity index (χ1) is 12.0. The quantitative estimate of drug-likeness (QED) is 0.596. The minimum absolute atomic E-state index is 0.0179. The molecule has 3 N–H and O–H groups in total. The molecular weight excluding hydrogens is 338 g/mol. The zero-order valence-corrected chi connectivity index (χ0v) is 15.8. The Hall–Kier alpha value is -1.95. The maximum Gasteiger partial charge on any atom is 0.244 e. The van der Waals surface area contributed by atoms with Gasteiger partial charge in [0.2, 0.25) is 5.91 Å². The van der Waals surface area contributed by atoms with Crippen molar-refractivity contribution in [2.24, 2.45) is 16.6 Å². The van der Waals surface area contributed by atoms with E-state index >= 15 is 0 Å². The number of hydrogen-bond donors (Lipinski definition) is 2. The number of anilines is 1. The van der Waals surface area contributed by atoms with E-state index in [0.717, 1.165) is 36.8 Å². The Kier molecular flexibility index (Phi) is 7.37. The highest BCUT2D eigenvalue weighted by Gasteiger charge is 2.20. The summed E-state index contributed by atoms with van der Waals surface area (Å²) in [7, 11) is 0. The third kappa shape index (κ3) is 6.46. The lowest BCUT2D eigenvalue weighted by Crippen LogP contribution is -2.49.